The maximum absolute atomic E-state index is 13.5. The molecule has 0 fully saturated rings. The topological polar surface area (TPSA) is 94.7 Å². The van der Waals surface area contributed by atoms with Crippen LogP contribution in [0.1, 0.15) is 38.5 Å². The molecule has 30 heavy (non-hydrogen) atoms. The minimum atomic E-state index is -0.345. The Bertz CT molecular complexity index is 1390. The fourth-order valence-corrected chi connectivity index (χ4v) is 4.39. The molecule has 2 N–H and O–H groups in total. The fraction of sp³-hybridized carbons (Fsp3) is 0.0417. The maximum Gasteiger partial charge on any atom is 0.192 e. The number of aromatic amines is 1. The van der Waals surface area contributed by atoms with E-state index in [0.717, 1.165) is 28.1 Å². The quantitative estimate of drug-likeness (QED) is 0.517. The van der Waals surface area contributed by atoms with Crippen LogP contribution in [-0.4, -0.2) is 16.0 Å². The van der Waals surface area contributed by atoms with Crippen LogP contribution < -0.4 is 5.32 Å². The SMILES string of the molecule is N#Cc1ccc(C2C3=C(Nc4n[nH]c(-c5ccco5)c42)c2ccccc2C3=O)cc1. The predicted molar refractivity (Wildman–Crippen MR) is 111 cm³/mol. The number of Topliss-reactive ketones (excluding diaryl/α,β-unsaturated/α-hetero) is 1. The van der Waals surface area contributed by atoms with Gasteiger partial charge in [-0.3, -0.25) is 9.89 Å². The van der Waals surface area contributed by atoms with E-state index in [1.807, 2.05) is 48.5 Å². The lowest BCUT2D eigenvalue weighted by Crippen LogP contribution is -2.18. The molecule has 6 rings (SSSR count). The monoisotopic (exact) mass is 390 g/mol. The van der Waals surface area contributed by atoms with Crippen LogP contribution in [0.2, 0.25) is 0 Å². The molecular weight excluding hydrogens is 376 g/mol. The number of carbonyl (C=O) groups excluding carboxylic acids is 1. The molecule has 3 heterocycles. The Kier molecular flexibility index (Phi) is 3.35. The van der Waals surface area contributed by atoms with Gasteiger partial charge in [0.25, 0.3) is 0 Å². The Labute approximate surface area is 171 Å². The number of H-pyrrole nitrogens is 1. The zero-order chi connectivity index (χ0) is 20.2. The second-order valence-electron chi connectivity index (χ2n) is 7.29. The van der Waals surface area contributed by atoms with Crippen molar-refractivity contribution in [3.8, 4) is 17.5 Å². The fourth-order valence-electron chi connectivity index (χ4n) is 4.39. The van der Waals surface area contributed by atoms with E-state index in [2.05, 4.69) is 21.6 Å². The molecule has 0 spiro atoms. The summed E-state index contributed by atoms with van der Waals surface area (Å²) in [5.41, 5.74) is 6.10. The van der Waals surface area contributed by atoms with Crippen LogP contribution in [0.5, 0.6) is 0 Å². The Balaban J connectivity index is 1.62. The Morgan fingerprint density at radius 2 is 1.80 bits per heavy atom. The van der Waals surface area contributed by atoms with Gasteiger partial charge in [0.1, 0.15) is 5.69 Å². The van der Waals surface area contributed by atoms with Crippen LogP contribution >= 0.6 is 0 Å². The molecule has 1 aliphatic carbocycles. The summed E-state index contributed by atoms with van der Waals surface area (Å²) in [5, 5.41) is 20.1. The Hall–Kier alpha value is -4.37. The van der Waals surface area contributed by atoms with Crippen LogP contribution in [0, 0.1) is 11.3 Å². The average Bonchev–Trinajstić information content (AvgIpc) is 3.52. The zero-order valence-electron chi connectivity index (χ0n) is 15.6. The van der Waals surface area contributed by atoms with Gasteiger partial charge in [0.05, 0.1) is 23.6 Å². The van der Waals surface area contributed by atoms with Gasteiger partial charge < -0.3 is 9.73 Å². The van der Waals surface area contributed by atoms with Crippen molar-refractivity contribution in [2.75, 3.05) is 5.32 Å². The number of carbonyl (C=O) groups is 1. The first-order valence-electron chi connectivity index (χ1n) is 9.53. The Morgan fingerprint density at radius 1 is 1.00 bits per heavy atom. The van der Waals surface area contributed by atoms with Gasteiger partial charge in [0, 0.05) is 28.2 Å². The van der Waals surface area contributed by atoms with E-state index in [0.29, 0.717) is 28.3 Å². The normalized spacial score (nSPS) is 16.5. The first-order chi connectivity index (χ1) is 14.8. The number of nitrogens with zero attached hydrogens (tertiary/aromatic N) is 2. The van der Waals surface area contributed by atoms with Crippen LogP contribution in [0.3, 0.4) is 0 Å². The van der Waals surface area contributed by atoms with Crippen molar-refractivity contribution in [1.82, 2.24) is 10.2 Å². The van der Waals surface area contributed by atoms with E-state index in [-0.39, 0.29) is 11.7 Å². The molecule has 142 valence electrons. The molecule has 2 aromatic carbocycles. The minimum absolute atomic E-state index is 0.000273. The summed E-state index contributed by atoms with van der Waals surface area (Å²) in [4.78, 5) is 13.5. The third kappa shape index (κ3) is 2.17. The number of nitrogens with one attached hydrogen (secondary N) is 2. The lowest BCUT2D eigenvalue weighted by atomic mass is 9.80. The van der Waals surface area contributed by atoms with E-state index in [1.54, 1.807) is 18.4 Å². The van der Waals surface area contributed by atoms with Gasteiger partial charge in [-0.2, -0.15) is 10.4 Å². The van der Waals surface area contributed by atoms with Crippen LogP contribution in [0.15, 0.2) is 76.9 Å². The van der Waals surface area contributed by atoms with Gasteiger partial charge in [0.2, 0.25) is 0 Å². The summed E-state index contributed by atoms with van der Waals surface area (Å²) >= 11 is 0. The second-order valence-corrected chi connectivity index (χ2v) is 7.29. The molecule has 2 aromatic heterocycles. The molecule has 6 heteroatoms. The first kappa shape index (κ1) is 16.6. The van der Waals surface area contributed by atoms with Gasteiger partial charge in [-0.05, 0) is 29.8 Å². The molecule has 0 saturated carbocycles. The minimum Gasteiger partial charge on any atom is -0.463 e. The van der Waals surface area contributed by atoms with Crippen LogP contribution in [0.4, 0.5) is 5.82 Å². The summed E-state index contributed by atoms with van der Waals surface area (Å²) < 4.78 is 5.62. The number of anilines is 1. The van der Waals surface area contributed by atoms with Crippen LogP contribution in [0.25, 0.3) is 17.2 Å². The van der Waals surface area contributed by atoms with Gasteiger partial charge in [0.15, 0.2) is 17.4 Å². The third-order valence-corrected chi connectivity index (χ3v) is 5.72. The summed E-state index contributed by atoms with van der Waals surface area (Å²) in [6.45, 7) is 0. The lowest BCUT2D eigenvalue weighted by molar-refractivity contribution is 0.103. The van der Waals surface area contributed by atoms with Crippen LogP contribution in [-0.2, 0) is 0 Å². The van der Waals surface area contributed by atoms with Crippen molar-refractivity contribution in [3.63, 3.8) is 0 Å². The van der Waals surface area contributed by atoms with Crippen molar-refractivity contribution in [2.24, 2.45) is 0 Å². The Morgan fingerprint density at radius 3 is 2.53 bits per heavy atom. The van der Waals surface area contributed by atoms with E-state index in [9.17, 15) is 10.1 Å². The first-order valence-corrected chi connectivity index (χ1v) is 9.53. The molecule has 6 nitrogen and oxygen atoms in total. The smallest absolute Gasteiger partial charge is 0.192 e. The molecule has 1 unspecified atom stereocenters. The van der Waals surface area contributed by atoms with E-state index in [4.69, 9.17) is 4.42 Å². The molecular formula is C24H14N4O2. The number of ketones is 1. The second kappa shape index (κ2) is 6.06. The van der Waals surface area contributed by atoms with E-state index in [1.165, 1.54) is 0 Å². The van der Waals surface area contributed by atoms with Gasteiger partial charge >= 0.3 is 0 Å². The highest BCUT2D eigenvalue weighted by Crippen LogP contribution is 2.51. The van der Waals surface area contributed by atoms with Crippen molar-refractivity contribution in [1.29, 1.82) is 5.26 Å². The highest BCUT2D eigenvalue weighted by Gasteiger charge is 2.42. The zero-order valence-corrected chi connectivity index (χ0v) is 15.6. The molecule has 0 saturated heterocycles. The third-order valence-electron chi connectivity index (χ3n) is 5.72. The number of fused-ring (bicyclic) bond motifs is 3. The molecule has 2 aliphatic rings. The molecule has 1 atom stereocenters. The summed E-state index contributed by atoms with van der Waals surface area (Å²) in [7, 11) is 0. The van der Waals surface area contributed by atoms with Gasteiger partial charge in [-0.25, -0.2) is 0 Å². The highest BCUT2D eigenvalue weighted by atomic mass is 16.3. The number of nitriles is 1. The van der Waals surface area contributed by atoms with Crippen molar-refractivity contribution in [3.05, 3.63) is 100 Å². The highest BCUT2D eigenvalue weighted by molar-refractivity contribution is 6.24. The number of rotatable bonds is 2. The molecule has 1 aliphatic heterocycles. The van der Waals surface area contributed by atoms with Crippen molar-refractivity contribution >= 4 is 17.3 Å². The number of benzene rings is 2. The summed E-state index contributed by atoms with van der Waals surface area (Å²) in [6, 6.07) is 20.8. The number of furan rings is 1. The number of allylic oxidation sites excluding steroid dienone is 1. The maximum atomic E-state index is 13.5. The molecule has 0 bridgehead atoms. The largest absolute Gasteiger partial charge is 0.463 e. The lowest BCUT2D eigenvalue weighted by Gasteiger charge is -2.26. The van der Waals surface area contributed by atoms with Crippen molar-refractivity contribution < 1.29 is 9.21 Å². The molecule has 0 radical (unpaired) electrons. The van der Waals surface area contributed by atoms with Gasteiger partial charge in [-0.1, -0.05) is 36.4 Å². The predicted octanol–water partition coefficient (Wildman–Crippen LogP) is 4.71. The van der Waals surface area contributed by atoms with E-state index >= 15 is 0 Å². The summed E-state index contributed by atoms with van der Waals surface area (Å²) in [5.74, 6) is 0.970. The molecule has 0 amide bonds. The summed E-state index contributed by atoms with van der Waals surface area (Å²) in [6.07, 6.45) is 1.61. The standard InChI is InChI=1S/C24H14N4O2/c25-12-13-7-9-14(10-8-13)18-19-21(15-4-1-2-5-16(15)23(19)29)26-24-20(18)22(27-28-24)17-6-3-11-30-17/h1-11,18H,(H2,26,27,28). The number of aromatic nitrogens is 2. The number of hydrogen-bond donors (Lipinski definition) is 2. The number of hydrogen-bond acceptors (Lipinski definition) is 5. The molecule has 4 aromatic rings. The van der Waals surface area contributed by atoms with Gasteiger partial charge in [-0.15, -0.1) is 0 Å². The average molecular weight is 390 g/mol. The van der Waals surface area contributed by atoms with E-state index < -0.39 is 0 Å². The van der Waals surface area contributed by atoms with Crippen molar-refractivity contribution in [2.45, 2.75) is 5.92 Å².